The first kappa shape index (κ1) is 20.3. The number of hydrogen-bond donors (Lipinski definition) is 1. The summed E-state index contributed by atoms with van der Waals surface area (Å²) in [5.41, 5.74) is 7.89. The third kappa shape index (κ3) is 4.00. The second-order valence-electron chi connectivity index (χ2n) is 7.45. The number of halogens is 4. The molecule has 8 heteroatoms. The quantitative estimate of drug-likeness (QED) is 0.628. The minimum Gasteiger partial charge on any atom is -0.364 e. The third-order valence-corrected chi connectivity index (χ3v) is 5.41. The summed E-state index contributed by atoms with van der Waals surface area (Å²) < 4.78 is 53.1. The molecule has 4 rings (SSSR count). The number of amides is 1. The first-order valence-electron chi connectivity index (χ1n) is 9.52. The largest absolute Gasteiger partial charge is 0.404 e. The molecule has 1 fully saturated rings. The molecule has 3 aromatic rings. The number of pyridine rings is 1. The second kappa shape index (κ2) is 7.68. The van der Waals surface area contributed by atoms with Gasteiger partial charge in [0, 0.05) is 11.9 Å². The fourth-order valence-corrected chi connectivity index (χ4v) is 3.99. The SMILES string of the molecule is NC(=O)c1cc(-c2ccc(F)cc2)c2ccc(CN3CCCC3C(F)(F)F)cc2n1. The number of nitrogens with two attached hydrogens (primary N) is 1. The molecule has 30 heavy (non-hydrogen) atoms. The van der Waals surface area contributed by atoms with Gasteiger partial charge in [-0.25, -0.2) is 9.37 Å². The van der Waals surface area contributed by atoms with Crippen molar-refractivity contribution in [2.75, 3.05) is 6.54 Å². The smallest absolute Gasteiger partial charge is 0.364 e. The molecule has 0 spiro atoms. The molecular formula is C22H19F4N3O. The lowest BCUT2D eigenvalue weighted by atomic mass is 9.98. The van der Waals surface area contributed by atoms with Crippen molar-refractivity contribution in [3.05, 3.63) is 65.6 Å². The van der Waals surface area contributed by atoms with Crippen LogP contribution in [-0.2, 0) is 6.54 Å². The minimum absolute atomic E-state index is 0.0355. The molecule has 2 heterocycles. The maximum atomic E-state index is 13.3. The molecule has 1 unspecified atom stereocenters. The number of carbonyl (C=O) groups is 1. The van der Waals surface area contributed by atoms with Crippen LogP contribution in [0.25, 0.3) is 22.0 Å². The zero-order chi connectivity index (χ0) is 21.5. The van der Waals surface area contributed by atoms with Crippen LogP contribution in [0.3, 0.4) is 0 Å². The molecule has 2 N–H and O–H groups in total. The molecule has 156 valence electrons. The standard InChI is InChI=1S/C22H19F4N3O/c23-15-6-4-14(5-7-15)17-11-19(21(27)30)28-18-10-13(3-8-16(17)18)12-29-9-1-2-20(29)22(24,25)26/h3-8,10-11,20H,1-2,9,12H2,(H2,27,30). The van der Waals surface area contributed by atoms with E-state index in [2.05, 4.69) is 4.98 Å². The Hall–Kier alpha value is -3.00. The van der Waals surface area contributed by atoms with Crippen molar-refractivity contribution in [2.45, 2.75) is 31.6 Å². The van der Waals surface area contributed by atoms with Crippen LogP contribution in [-0.4, -0.2) is 34.6 Å². The number of carbonyl (C=O) groups excluding carboxylic acids is 1. The van der Waals surface area contributed by atoms with Crippen LogP contribution in [0.5, 0.6) is 0 Å². The highest BCUT2D eigenvalue weighted by atomic mass is 19.4. The van der Waals surface area contributed by atoms with Gasteiger partial charge in [0.2, 0.25) is 0 Å². The van der Waals surface area contributed by atoms with Crippen molar-refractivity contribution in [1.82, 2.24) is 9.88 Å². The van der Waals surface area contributed by atoms with Crippen LogP contribution in [0, 0.1) is 5.82 Å². The number of alkyl halides is 3. The molecule has 0 radical (unpaired) electrons. The molecule has 2 aromatic carbocycles. The fraction of sp³-hybridized carbons (Fsp3) is 0.273. The van der Waals surface area contributed by atoms with Crippen LogP contribution in [0.4, 0.5) is 17.6 Å². The number of rotatable bonds is 4. The molecule has 1 atom stereocenters. The maximum Gasteiger partial charge on any atom is 0.404 e. The van der Waals surface area contributed by atoms with E-state index in [1.165, 1.54) is 23.1 Å². The Kier molecular flexibility index (Phi) is 5.19. The van der Waals surface area contributed by atoms with E-state index in [1.54, 1.807) is 30.3 Å². The number of hydrogen-bond acceptors (Lipinski definition) is 3. The van der Waals surface area contributed by atoms with Crippen molar-refractivity contribution in [3.8, 4) is 11.1 Å². The van der Waals surface area contributed by atoms with E-state index in [1.807, 2.05) is 0 Å². The van der Waals surface area contributed by atoms with E-state index < -0.39 is 18.1 Å². The van der Waals surface area contributed by atoms with Gasteiger partial charge in [0.1, 0.15) is 17.6 Å². The van der Waals surface area contributed by atoms with E-state index in [9.17, 15) is 22.4 Å². The molecule has 4 nitrogen and oxygen atoms in total. The Labute approximate surface area is 170 Å². The molecule has 1 saturated heterocycles. The van der Waals surface area contributed by atoms with Crippen molar-refractivity contribution < 1.29 is 22.4 Å². The van der Waals surface area contributed by atoms with Gasteiger partial charge < -0.3 is 5.73 Å². The van der Waals surface area contributed by atoms with E-state index in [0.29, 0.717) is 40.6 Å². The van der Waals surface area contributed by atoms with Gasteiger partial charge in [0.05, 0.1) is 5.52 Å². The summed E-state index contributed by atoms with van der Waals surface area (Å²) >= 11 is 0. The Bertz CT molecular complexity index is 1100. The number of primary amides is 1. The summed E-state index contributed by atoms with van der Waals surface area (Å²) in [6.45, 7) is 0.506. The highest BCUT2D eigenvalue weighted by molar-refractivity contribution is 6.00. The molecule has 1 aliphatic rings. The number of benzene rings is 2. The van der Waals surface area contributed by atoms with E-state index in [4.69, 9.17) is 5.73 Å². The predicted molar refractivity (Wildman–Crippen MR) is 105 cm³/mol. The molecule has 0 saturated carbocycles. The van der Waals surface area contributed by atoms with Crippen molar-refractivity contribution in [3.63, 3.8) is 0 Å². The first-order chi connectivity index (χ1) is 14.2. The maximum absolute atomic E-state index is 13.3. The summed E-state index contributed by atoms with van der Waals surface area (Å²) in [7, 11) is 0. The minimum atomic E-state index is -4.26. The Morgan fingerprint density at radius 2 is 1.87 bits per heavy atom. The van der Waals surface area contributed by atoms with E-state index in [-0.39, 0.29) is 24.5 Å². The lowest BCUT2D eigenvalue weighted by molar-refractivity contribution is -0.177. The molecular weight excluding hydrogens is 398 g/mol. The monoisotopic (exact) mass is 417 g/mol. The average Bonchev–Trinajstić information content (AvgIpc) is 3.16. The van der Waals surface area contributed by atoms with Crippen molar-refractivity contribution in [1.29, 1.82) is 0 Å². The topological polar surface area (TPSA) is 59.2 Å². The lowest BCUT2D eigenvalue weighted by Gasteiger charge is -2.26. The van der Waals surface area contributed by atoms with Gasteiger partial charge in [-0.05, 0) is 60.3 Å². The van der Waals surface area contributed by atoms with Crippen molar-refractivity contribution >= 4 is 16.8 Å². The van der Waals surface area contributed by atoms with Crippen LogP contribution in [0.1, 0.15) is 28.9 Å². The second-order valence-corrected chi connectivity index (χ2v) is 7.45. The molecule has 1 amide bonds. The van der Waals surface area contributed by atoms with Crippen LogP contribution >= 0.6 is 0 Å². The number of aromatic nitrogens is 1. The zero-order valence-corrected chi connectivity index (χ0v) is 15.9. The number of likely N-dealkylation sites (tertiary alicyclic amines) is 1. The van der Waals surface area contributed by atoms with E-state index in [0.717, 1.165) is 0 Å². The highest BCUT2D eigenvalue weighted by Crippen LogP contribution is 2.34. The molecule has 1 aromatic heterocycles. The zero-order valence-electron chi connectivity index (χ0n) is 15.9. The fourth-order valence-electron chi connectivity index (χ4n) is 3.99. The Balaban J connectivity index is 1.75. The Morgan fingerprint density at radius 3 is 2.53 bits per heavy atom. The Morgan fingerprint density at radius 1 is 1.13 bits per heavy atom. The van der Waals surface area contributed by atoms with Gasteiger partial charge in [-0.2, -0.15) is 13.2 Å². The van der Waals surface area contributed by atoms with Gasteiger partial charge >= 0.3 is 6.18 Å². The number of fused-ring (bicyclic) bond motifs is 1. The van der Waals surface area contributed by atoms with Gasteiger partial charge in [0.25, 0.3) is 5.91 Å². The first-order valence-corrected chi connectivity index (χ1v) is 9.52. The summed E-state index contributed by atoms with van der Waals surface area (Å²) in [6, 6.07) is 11.1. The molecule has 0 bridgehead atoms. The molecule has 0 aliphatic carbocycles. The van der Waals surface area contributed by atoms with Gasteiger partial charge in [-0.1, -0.05) is 24.3 Å². The summed E-state index contributed by atoms with van der Waals surface area (Å²) in [4.78, 5) is 17.5. The summed E-state index contributed by atoms with van der Waals surface area (Å²) in [5.74, 6) is -1.11. The lowest BCUT2D eigenvalue weighted by Crippen LogP contribution is -2.40. The predicted octanol–water partition coefficient (Wildman–Crippen LogP) is 4.67. The van der Waals surface area contributed by atoms with Crippen LogP contribution in [0.2, 0.25) is 0 Å². The third-order valence-electron chi connectivity index (χ3n) is 5.41. The van der Waals surface area contributed by atoms with Gasteiger partial charge in [0.15, 0.2) is 0 Å². The normalized spacial score (nSPS) is 17.5. The van der Waals surface area contributed by atoms with Gasteiger partial charge in [-0.15, -0.1) is 0 Å². The molecule has 1 aliphatic heterocycles. The van der Waals surface area contributed by atoms with Gasteiger partial charge in [-0.3, -0.25) is 9.69 Å². The number of nitrogens with zero attached hydrogens (tertiary/aromatic N) is 2. The van der Waals surface area contributed by atoms with Crippen LogP contribution < -0.4 is 5.73 Å². The van der Waals surface area contributed by atoms with Crippen LogP contribution in [0.15, 0.2) is 48.5 Å². The van der Waals surface area contributed by atoms with Crippen molar-refractivity contribution in [2.24, 2.45) is 5.73 Å². The highest BCUT2D eigenvalue weighted by Gasteiger charge is 2.45. The van der Waals surface area contributed by atoms with E-state index >= 15 is 0 Å². The average molecular weight is 417 g/mol. The summed E-state index contributed by atoms with van der Waals surface area (Å²) in [5, 5.41) is 0.698. The summed E-state index contributed by atoms with van der Waals surface area (Å²) in [6.07, 6.45) is -3.67.